The Morgan fingerprint density at radius 1 is 1.06 bits per heavy atom. The number of piperazine rings is 1. The molecule has 6 rings (SSSR count). The zero-order chi connectivity index (χ0) is 24.9. The molecule has 36 heavy (non-hydrogen) atoms. The van der Waals surface area contributed by atoms with E-state index in [-0.39, 0.29) is 29.2 Å². The van der Waals surface area contributed by atoms with E-state index in [0.29, 0.717) is 6.54 Å². The largest absolute Gasteiger partial charge is 0.380 e. The molecule has 0 aromatic heterocycles. The highest BCUT2D eigenvalue weighted by atomic mass is 16.5. The van der Waals surface area contributed by atoms with Crippen LogP contribution in [0.5, 0.6) is 0 Å². The van der Waals surface area contributed by atoms with Gasteiger partial charge in [0.2, 0.25) is 5.91 Å². The lowest BCUT2D eigenvalue weighted by molar-refractivity contribution is -0.117. The fraction of sp³-hybridized carbons (Fsp3) is 0.517. The van der Waals surface area contributed by atoms with Gasteiger partial charge in [-0.3, -0.25) is 9.59 Å². The fourth-order valence-corrected chi connectivity index (χ4v) is 5.89. The normalized spacial score (nSPS) is 23.6. The molecular weight excluding hydrogens is 452 g/mol. The maximum absolute atomic E-state index is 14.2. The molecule has 3 saturated heterocycles. The molecule has 0 bridgehead atoms. The maximum atomic E-state index is 14.2. The van der Waals surface area contributed by atoms with E-state index >= 15 is 0 Å². The molecule has 1 saturated carbocycles. The molecule has 7 nitrogen and oxygen atoms in total. The lowest BCUT2D eigenvalue weighted by Gasteiger charge is -2.41. The number of ether oxygens (including phenoxy) is 1. The van der Waals surface area contributed by atoms with Crippen LogP contribution < -0.4 is 10.2 Å². The Balaban J connectivity index is 1.33. The first-order valence-electron chi connectivity index (χ1n) is 13.2. The van der Waals surface area contributed by atoms with Crippen LogP contribution in [0.2, 0.25) is 0 Å². The average molecular weight is 489 g/mol. The van der Waals surface area contributed by atoms with Crippen molar-refractivity contribution in [2.75, 3.05) is 63.2 Å². The van der Waals surface area contributed by atoms with Crippen molar-refractivity contribution in [2.24, 2.45) is 11.3 Å². The van der Waals surface area contributed by atoms with Gasteiger partial charge in [0.05, 0.1) is 30.5 Å². The van der Waals surface area contributed by atoms with Gasteiger partial charge in [0.25, 0.3) is 5.91 Å². The summed E-state index contributed by atoms with van der Waals surface area (Å²) in [7, 11) is 2.12. The summed E-state index contributed by atoms with van der Waals surface area (Å²) in [5.41, 5.74) is 5.01. The van der Waals surface area contributed by atoms with Crippen LogP contribution in [0, 0.1) is 18.3 Å². The number of nitrogens with one attached hydrogen (secondary N) is 1. The van der Waals surface area contributed by atoms with Crippen molar-refractivity contribution in [2.45, 2.75) is 32.2 Å². The molecule has 2 amide bonds. The summed E-state index contributed by atoms with van der Waals surface area (Å²) in [6.07, 6.45) is 3.00. The monoisotopic (exact) mass is 488 g/mol. The van der Waals surface area contributed by atoms with Crippen molar-refractivity contribution in [3.8, 4) is 0 Å². The lowest BCUT2D eigenvalue weighted by Crippen LogP contribution is -2.49. The molecule has 1 atom stereocenters. The average Bonchev–Trinajstić information content (AvgIpc) is 3.60. The van der Waals surface area contributed by atoms with E-state index in [4.69, 9.17) is 4.74 Å². The minimum Gasteiger partial charge on any atom is -0.380 e. The smallest absolute Gasteiger partial charge is 0.256 e. The Labute approximate surface area is 213 Å². The minimum absolute atomic E-state index is 0.00296. The number of rotatable bonds is 5. The van der Waals surface area contributed by atoms with Gasteiger partial charge in [-0.15, -0.1) is 0 Å². The summed E-state index contributed by atoms with van der Waals surface area (Å²) in [5, 5.41) is 3.09. The summed E-state index contributed by atoms with van der Waals surface area (Å²) >= 11 is 0. The molecule has 1 N–H and O–H groups in total. The minimum atomic E-state index is 0.00296. The van der Waals surface area contributed by atoms with Gasteiger partial charge >= 0.3 is 0 Å². The SMILES string of the molecule is Cc1cccc(C2CN(C)CCN2C(=O)c2ccc(NC(=O)C3CC3)cc2N2CCC3(COC3)C2)c1. The number of nitrogens with zero attached hydrogens (tertiary/aromatic N) is 3. The van der Waals surface area contributed by atoms with Crippen LogP contribution >= 0.6 is 0 Å². The predicted molar refractivity (Wildman–Crippen MR) is 140 cm³/mol. The molecule has 0 radical (unpaired) electrons. The van der Waals surface area contributed by atoms with Crippen molar-refractivity contribution in [3.05, 3.63) is 59.2 Å². The summed E-state index contributed by atoms with van der Waals surface area (Å²) < 4.78 is 5.55. The summed E-state index contributed by atoms with van der Waals surface area (Å²) in [4.78, 5) is 33.4. The van der Waals surface area contributed by atoms with Crippen molar-refractivity contribution in [3.63, 3.8) is 0 Å². The molecule has 190 valence electrons. The van der Waals surface area contributed by atoms with Crippen LogP contribution in [0.4, 0.5) is 11.4 Å². The van der Waals surface area contributed by atoms with Gasteiger partial charge in [0, 0.05) is 49.7 Å². The Kier molecular flexibility index (Phi) is 6.00. The van der Waals surface area contributed by atoms with Crippen LogP contribution in [-0.2, 0) is 9.53 Å². The van der Waals surface area contributed by atoms with E-state index in [1.807, 2.05) is 23.1 Å². The zero-order valence-corrected chi connectivity index (χ0v) is 21.3. The molecular formula is C29H36N4O3. The van der Waals surface area contributed by atoms with Crippen molar-refractivity contribution < 1.29 is 14.3 Å². The Bertz CT molecular complexity index is 1170. The van der Waals surface area contributed by atoms with Crippen LogP contribution in [-0.4, -0.2) is 74.6 Å². The van der Waals surface area contributed by atoms with Gasteiger partial charge in [-0.1, -0.05) is 29.8 Å². The third-order valence-corrected chi connectivity index (χ3v) is 8.31. The van der Waals surface area contributed by atoms with Gasteiger partial charge < -0.3 is 24.8 Å². The van der Waals surface area contributed by atoms with E-state index in [2.05, 4.69) is 53.4 Å². The summed E-state index contributed by atoms with van der Waals surface area (Å²) in [5.74, 6) is 0.289. The second-order valence-corrected chi connectivity index (χ2v) is 11.4. The fourth-order valence-electron chi connectivity index (χ4n) is 5.89. The topological polar surface area (TPSA) is 65.1 Å². The predicted octanol–water partition coefficient (Wildman–Crippen LogP) is 3.70. The van der Waals surface area contributed by atoms with Gasteiger partial charge in [0.15, 0.2) is 0 Å². The van der Waals surface area contributed by atoms with E-state index in [1.165, 1.54) is 11.1 Å². The Morgan fingerprint density at radius 2 is 1.89 bits per heavy atom. The van der Waals surface area contributed by atoms with Gasteiger partial charge in [-0.2, -0.15) is 0 Å². The van der Waals surface area contributed by atoms with Crippen LogP contribution in [0.3, 0.4) is 0 Å². The molecule has 1 unspecified atom stereocenters. The van der Waals surface area contributed by atoms with Gasteiger partial charge in [-0.05, 0) is 57.0 Å². The molecule has 3 heterocycles. The number of hydrogen-bond donors (Lipinski definition) is 1. The molecule has 3 aliphatic heterocycles. The number of anilines is 2. The highest BCUT2D eigenvalue weighted by Crippen LogP contribution is 2.42. The van der Waals surface area contributed by atoms with E-state index in [1.54, 1.807) is 0 Å². The Morgan fingerprint density at radius 3 is 2.58 bits per heavy atom. The third kappa shape index (κ3) is 4.50. The number of amides is 2. The molecule has 7 heteroatoms. The van der Waals surface area contributed by atoms with E-state index in [9.17, 15) is 9.59 Å². The highest BCUT2D eigenvalue weighted by Gasteiger charge is 2.45. The number of aryl methyl sites for hydroxylation is 1. The van der Waals surface area contributed by atoms with Crippen molar-refractivity contribution in [1.82, 2.24) is 9.80 Å². The number of carbonyl (C=O) groups is 2. The van der Waals surface area contributed by atoms with Crippen LogP contribution in [0.25, 0.3) is 0 Å². The molecule has 4 aliphatic rings. The first kappa shape index (κ1) is 23.5. The number of benzene rings is 2. The lowest BCUT2D eigenvalue weighted by atomic mass is 9.85. The standard InChI is InChI=1S/C29H36N4O3/c1-20-4-3-5-22(14-20)26-16-31(2)12-13-33(26)28(35)24-9-8-23(30-27(34)21-6-7-21)15-25(24)32-11-10-29(17-32)18-36-19-29/h3-5,8-9,14-15,21,26H,6-7,10-13,16-19H2,1-2H3,(H,30,34). The molecule has 2 aromatic rings. The quantitative estimate of drug-likeness (QED) is 0.695. The summed E-state index contributed by atoms with van der Waals surface area (Å²) in [6, 6.07) is 14.4. The van der Waals surface area contributed by atoms with Gasteiger partial charge in [0.1, 0.15) is 0 Å². The second kappa shape index (κ2) is 9.20. The summed E-state index contributed by atoms with van der Waals surface area (Å²) in [6.45, 7) is 7.81. The number of likely N-dealkylation sites (N-methyl/N-ethyl adjacent to an activating group) is 1. The molecule has 4 fully saturated rings. The van der Waals surface area contributed by atoms with Crippen molar-refractivity contribution in [1.29, 1.82) is 0 Å². The molecule has 2 aromatic carbocycles. The third-order valence-electron chi connectivity index (χ3n) is 8.31. The first-order chi connectivity index (χ1) is 17.4. The van der Waals surface area contributed by atoms with Crippen molar-refractivity contribution >= 4 is 23.2 Å². The zero-order valence-electron chi connectivity index (χ0n) is 21.3. The molecule has 1 aliphatic carbocycles. The van der Waals surface area contributed by atoms with E-state index in [0.717, 1.165) is 75.6 Å². The molecule has 1 spiro atoms. The first-order valence-corrected chi connectivity index (χ1v) is 13.2. The second-order valence-electron chi connectivity index (χ2n) is 11.4. The van der Waals surface area contributed by atoms with Crippen LogP contribution in [0.15, 0.2) is 42.5 Å². The van der Waals surface area contributed by atoms with Gasteiger partial charge in [-0.25, -0.2) is 0 Å². The number of carbonyl (C=O) groups excluding carboxylic acids is 2. The number of hydrogen-bond acceptors (Lipinski definition) is 5. The maximum Gasteiger partial charge on any atom is 0.256 e. The van der Waals surface area contributed by atoms with Crippen LogP contribution in [0.1, 0.15) is 46.8 Å². The highest BCUT2D eigenvalue weighted by molar-refractivity contribution is 6.02. The van der Waals surface area contributed by atoms with E-state index < -0.39 is 0 Å². The Hall–Kier alpha value is -2.90.